The molecule has 0 bridgehead atoms. The Labute approximate surface area is 624 Å². The number of aliphatic hydroxyl groups excluding tert-OH is 2. The minimum absolute atomic E-state index is 0.0288. The molecule has 580 valence electrons. The van der Waals surface area contributed by atoms with Crippen LogP contribution in [0.3, 0.4) is 0 Å². The van der Waals surface area contributed by atoms with Crippen LogP contribution in [-0.2, 0) is 54.4 Å². The van der Waals surface area contributed by atoms with Crippen molar-refractivity contribution in [1.82, 2.24) is 83.5 Å². The van der Waals surface area contributed by atoms with Crippen molar-refractivity contribution in [3.05, 3.63) is 120 Å². The molecule has 0 saturated carbocycles. The van der Waals surface area contributed by atoms with E-state index in [-0.39, 0.29) is 96.2 Å². The Morgan fingerprint density at radius 3 is 1.86 bits per heavy atom. The summed E-state index contributed by atoms with van der Waals surface area (Å²) in [7, 11) is 3.21. The van der Waals surface area contributed by atoms with Gasteiger partial charge in [0.25, 0.3) is 5.91 Å². The zero-order valence-electron chi connectivity index (χ0n) is 60.9. The van der Waals surface area contributed by atoms with E-state index in [1.807, 2.05) is 12.1 Å². The predicted molar refractivity (Wildman–Crippen MR) is 400 cm³/mol. The number of carbonyl (C=O) groups excluding carboxylic acids is 12. The van der Waals surface area contributed by atoms with Crippen LogP contribution in [0.25, 0.3) is 23.1 Å². The number of rotatable bonds is 30. The fraction of sp³-hybridized carbons (Fsp3) is 0.472. The zero-order chi connectivity index (χ0) is 78.3. The normalized spacial score (nSPS) is 20.0. The van der Waals surface area contributed by atoms with E-state index >= 15 is 0 Å². The van der Waals surface area contributed by atoms with Crippen LogP contribution in [0.5, 0.6) is 0 Å². The molecule has 0 unspecified atom stereocenters. The Morgan fingerprint density at radius 2 is 1.26 bits per heavy atom. The van der Waals surface area contributed by atoms with Crippen LogP contribution in [0.1, 0.15) is 99.9 Å². The van der Waals surface area contributed by atoms with Crippen molar-refractivity contribution in [2.75, 3.05) is 66.5 Å². The fourth-order valence-electron chi connectivity index (χ4n) is 11.4. The van der Waals surface area contributed by atoms with Gasteiger partial charge >= 0.3 is 6.03 Å². The maximum atomic E-state index is 14.9. The lowest BCUT2D eigenvalue weighted by Crippen LogP contribution is -2.61. The van der Waals surface area contributed by atoms with Crippen LogP contribution >= 0.6 is 11.8 Å². The van der Waals surface area contributed by atoms with Crippen LogP contribution in [0.2, 0.25) is 0 Å². The molecule has 6 rings (SSSR count). The number of hydrogen-bond acceptors (Lipinski definition) is 22. The van der Waals surface area contributed by atoms with Gasteiger partial charge in [0.1, 0.15) is 54.4 Å². The average molecular weight is 1500 g/mol. The van der Waals surface area contributed by atoms with Gasteiger partial charge in [-0.3, -0.25) is 57.7 Å². The molecular weight excluding hydrogens is 1400 g/mol. The van der Waals surface area contributed by atoms with E-state index in [0.29, 0.717) is 43.2 Å². The van der Waals surface area contributed by atoms with Gasteiger partial charge in [-0.2, -0.15) is 9.78 Å². The Hall–Kier alpha value is -10.3. The van der Waals surface area contributed by atoms with Gasteiger partial charge in [-0.05, 0) is 152 Å². The number of hydrogen-bond donors (Lipinski definition) is 18. The van der Waals surface area contributed by atoms with Crippen LogP contribution in [0, 0.1) is 5.92 Å². The summed E-state index contributed by atoms with van der Waals surface area (Å²) in [5, 5.41) is 58.7. The monoisotopic (exact) mass is 1500 g/mol. The summed E-state index contributed by atoms with van der Waals surface area (Å²) >= 11 is 1.30. The van der Waals surface area contributed by atoms with E-state index in [9.17, 15) is 67.7 Å². The maximum Gasteiger partial charge on any atom is 0.345 e. The highest BCUT2D eigenvalue weighted by Gasteiger charge is 2.38. The molecule has 0 aliphatic carbocycles. The van der Waals surface area contributed by atoms with E-state index in [1.165, 1.54) is 42.2 Å². The number of benzene rings is 3. The number of amides is 12. The quantitative estimate of drug-likeness (QED) is 0.0223. The molecule has 5 aromatic rings. The highest BCUT2D eigenvalue weighted by Crippen LogP contribution is 2.34. The van der Waals surface area contributed by atoms with Crippen LogP contribution in [-0.4, -0.2) is 234 Å². The molecule has 3 aromatic carbocycles. The van der Waals surface area contributed by atoms with Crippen LogP contribution in [0.15, 0.2) is 107 Å². The topological polar surface area (TPSA) is 528 Å². The number of fused-ring (bicyclic) bond motifs is 1. The number of aliphatic hydroxyl groups is 2. The number of likely N-dealkylation sites (N-methyl/N-ethyl adjacent to an activating group) is 1. The maximum absolute atomic E-state index is 14.9. The summed E-state index contributed by atoms with van der Waals surface area (Å²) in [4.78, 5) is 178. The SMILES string of the molecule is CNCCN(CCC(=O)N[C@H](C(=O)N[C@@H](CCN)C(=O)N[C@H]1CCNC(=O)[C@H]([C@@H](C)O)NC(=O)[C@H](CCN)NC(=O)[C@H](CCN)NC(=O)[C@H](CC(C)C)NC(=O)[C@@H](Cc2ccccc2)NC(=O)[C@H](CCN)NC1=O)[C@@H](C)O)C(=O)n1nc(/C=C/c2ccccn2)c2ccc(Sc3ccccc3C(=O)NC)cc21. The molecule has 1 aliphatic heterocycles. The van der Waals surface area contributed by atoms with E-state index < -0.39 is 151 Å². The summed E-state index contributed by atoms with van der Waals surface area (Å²) in [6.07, 6.45) is -0.0531. The molecule has 2 aromatic heterocycles. The van der Waals surface area contributed by atoms with Gasteiger partial charge in [-0.1, -0.05) is 74.1 Å². The van der Waals surface area contributed by atoms with E-state index in [4.69, 9.17) is 28.0 Å². The van der Waals surface area contributed by atoms with Crippen molar-refractivity contribution in [2.24, 2.45) is 28.9 Å². The Bertz CT molecular complexity index is 3880. The Morgan fingerprint density at radius 1 is 0.664 bits per heavy atom. The van der Waals surface area contributed by atoms with Gasteiger partial charge < -0.3 is 102 Å². The first kappa shape index (κ1) is 85.7. The standard InChI is InChI=1S/C72H102N20O14S/c1-41(2)38-55-68(102)83-50(23-29-73)63(97)82-53(26-32-76)67(101)89-60(42(3)93)70(104)80-34-27-54(66(100)81-51(24-30-74)65(99)87-56(69(103)86-55)39-44-14-8-7-9-15-44)84-64(98)52(25-31-75)85-71(105)61(43(4)94)88-59(95)28-36-91(37-35-77-5)72(106)92-57-40-46(107-58-18-11-10-17-48(58)62(96)78-6)20-21-47(57)49(90-92)22-19-45-16-12-13-33-79-45/h7-22,33,40-43,50-56,60-61,77,93-94H,23-32,34-39,73-76H2,1-6H3,(H,78,96)(H,80,104)(H,81,100)(H,82,97)(H,83,102)(H,84,98)(H,85,105)(H,86,103)(H,87,99)(H,88,95)(H,89,101)/b22-19+/t42-,43-,50+,51+,52+,53+,54+,55+,56-,60+,61+/m1/s1. The van der Waals surface area contributed by atoms with Gasteiger partial charge in [-0.25, -0.2) is 4.79 Å². The lowest BCUT2D eigenvalue weighted by molar-refractivity contribution is -0.136. The summed E-state index contributed by atoms with van der Waals surface area (Å²) in [6, 6.07) is 11.9. The van der Waals surface area contributed by atoms with E-state index in [0.717, 1.165) is 0 Å². The predicted octanol–water partition coefficient (Wildman–Crippen LogP) is -2.68. The third kappa shape index (κ3) is 26.0. The molecule has 1 fully saturated rings. The molecular formula is C72H102N20O14S. The lowest BCUT2D eigenvalue weighted by atomic mass is 10.00. The largest absolute Gasteiger partial charge is 0.391 e. The first-order valence-electron chi connectivity index (χ1n) is 35.5. The summed E-state index contributed by atoms with van der Waals surface area (Å²) in [6.45, 7) is 4.79. The van der Waals surface area contributed by atoms with E-state index in [1.54, 1.807) is 118 Å². The number of pyridine rings is 1. The average Bonchev–Trinajstić information content (AvgIpc) is 1.63. The smallest absolute Gasteiger partial charge is 0.345 e. The molecule has 11 atom stereocenters. The molecule has 34 nitrogen and oxygen atoms in total. The lowest BCUT2D eigenvalue weighted by Gasteiger charge is -2.28. The first-order chi connectivity index (χ1) is 51.2. The number of carbonyl (C=O) groups is 12. The minimum atomic E-state index is -1.74. The second-order valence-corrected chi connectivity index (χ2v) is 27.1. The summed E-state index contributed by atoms with van der Waals surface area (Å²) in [5.41, 5.74) is 26.2. The summed E-state index contributed by atoms with van der Waals surface area (Å²) in [5.74, 6) is -9.96. The number of nitrogens with zero attached hydrogens (tertiary/aromatic N) is 4. The van der Waals surface area contributed by atoms with Gasteiger partial charge in [0, 0.05) is 67.4 Å². The van der Waals surface area contributed by atoms with Gasteiger partial charge in [0.2, 0.25) is 59.1 Å². The molecule has 22 N–H and O–H groups in total. The van der Waals surface area contributed by atoms with Crippen LogP contribution < -0.4 is 86.7 Å². The Kier molecular flexibility index (Phi) is 34.7. The second-order valence-electron chi connectivity index (χ2n) is 26.0. The molecule has 1 aliphatic rings. The molecule has 3 heterocycles. The Balaban J connectivity index is 1.27. The van der Waals surface area contributed by atoms with Gasteiger partial charge in [-0.15, -0.1) is 0 Å². The third-order valence-electron chi connectivity index (χ3n) is 17.2. The molecule has 12 amide bonds. The summed E-state index contributed by atoms with van der Waals surface area (Å²) < 4.78 is 1.21. The van der Waals surface area contributed by atoms with Crippen molar-refractivity contribution < 1.29 is 67.7 Å². The zero-order valence-corrected chi connectivity index (χ0v) is 61.8. The number of nitrogens with one attached hydrogen (secondary N) is 12. The molecule has 35 heteroatoms. The first-order valence-corrected chi connectivity index (χ1v) is 36.3. The highest BCUT2D eigenvalue weighted by molar-refractivity contribution is 7.99. The van der Waals surface area contributed by atoms with Crippen molar-refractivity contribution in [2.45, 2.75) is 155 Å². The van der Waals surface area contributed by atoms with E-state index in [2.05, 4.69) is 68.8 Å². The second kappa shape index (κ2) is 43.4. The minimum Gasteiger partial charge on any atom is -0.391 e. The number of aromatic nitrogens is 3. The van der Waals surface area contributed by atoms with Crippen molar-refractivity contribution in [3.8, 4) is 0 Å². The van der Waals surface area contributed by atoms with Crippen molar-refractivity contribution in [3.63, 3.8) is 0 Å². The van der Waals surface area contributed by atoms with Crippen molar-refractivity contribution >= 4 is 106 Å². The molecule has 0 radical (unpaired) electrons. The highest BCUT2D eigenvalue weighted by atomic mass is 32.2. The van der Waals surface area contributed by atoms with Gasteiger partial charge in [0.05, 0.1) is 34.7 Å². The van der Waals surface area contributed by atoms with Gasteiger partial charge in [0.15, 0.2) is 0 Å². The van der Waals surface area contributed by atoms with Crippen LogP contribution in [0.4, 0.5) is 4.79 Å². The number of nitrogens with two attached hydrogens (primary N) is 4. The molecule has 1 saturated heterocycles. The fourth-order valence-corrected chi connectivity index (χ4v) is 12.4. The third-order valence-corrected chi connectivity index (χ3v) is 18.2. The molecule has 0 spiro atoms. The van der Waals surface area contributed by atoms with Crippen molar-refractivity contribution in [1.29, 1.82) is 0 Å². The molecule has 107 heavy (non-hydrogen) atoms.